The van der Waals surface area contributed by atoms with Crippen molar-refractivity contribution in [3.8, 4) is 0 Å². The van der Waals surface area contributed by atoms with Crippen molar-refractivity contribution in [2.24, 2.45) is 7.05 Å². The zero-order valence-electron chi connectivity index (χ0n) is 11.5. The molecule has 7 heteroatoms. The third-order valence-electron chi connectivity index (χ3n) is 3.27. The zero-order chi connectivity index (χ0) is 14.1. The first-order valence-electron chi connectivity index (χ1n) is 6.46. The van der Waals surface area contributed by atoms with Gasteiger partial charge in [0.25, 0.3) is 0 Å². The van der Waals surface area contributed by atoms with Crippen molar-refractivity contribution in [1.29, 1.82) is 0 Å². The van der Waals surface area contributed by atoms with E-state index >= 15 is 0 Å². The van der Waals surface area contributed by atoms with Crippen LogP contribution in [0.2, 0.25) is 0 Å². The van der Waals surface area contributed by atoms with Gasteiger partial charge in [0.15, 0.2) is 0 Å². The molecule has 3 rings (SSSR count). The van der Waals surface area contributed by atoms with Gasteiger partial charge in [0.2, 0.25) is 11.9 Å². The van der Waals surface area contributed by atoms with Crippen LogP contribution in [0.15, 0.2) is 24.8 Å². The van der Waals surface area contributed by atoms with Crippen molar-refractivity contribution in [2.45, 2.75) is 6.92 Å². The number of aryl methyl sites for hydroxylation is 2. The SMILES string of the molecule is Cc1cnc(N2CCN(c3cnn(C)c3)C(=O)C2)nc1. The van der Waals surface area contributed by atoms with Crippen molar-refractivity contribution in [2.75, 3.05) is 29.4 Å². The number of hydrogen-bond acceptors (Lipinski definition) is 5. The summed E-state index contributed by atoms with van der Waals surface area (Å²) < 4.78 is 1.69. The Bertz CT molecular complexity index is 620. The van der Waals surface area contributed by atoms with E-state index in [1.165, 1.54) is 0 Å². The molecule has 1 fully saturated rings. The standard InChI is InChI=1S/C13H16N6O/c1-10-5-14-13(15-6-10)18-3-4-19(12(20)9-18)11-7-16-17(2)8-11/h5-8H,3-4,9H2,1-2H3. The lowest BCUT2D eigenvalue weighted by molar-refractivity contribution is -0.117. The number of anilines is 2. The van der Waals surface area contributed by atoms with E-state index in [-0.39, 0.29) is 12.5 Å². The number of hydrogen-bond donors (Lipinski definition) is 0. The molecule has 2 aromatic rings. The first-order chi connectivity index (χ1) is 9.63. The molecular weight excluding hydrogens is 256 g/mol. The Balaban J connectivity index is 1.73. The third-order valence-corrected chi connectivity index (χ3v) is 3.27. The maximum absolute atomic E-state index is 12.2. The van der Waals surface area contributed by atoms with Crippen molar-refractivity contribution >= 4 is 17.5 Å². The number of nitrogens with zero attached hydrogens (tertiary/aromatic N) is 6. The quantitative estimate of drug-likeness (QED) is 0.790. The molecule has 7 nitrogen and oxygen atoms in total. The number of carbonyl (C=O) groups is 1. The molecule has 1 amide bonds. The Kier molecular flexibility index (Phi) is 3.09. The summed E-state index contributed by atoms with van der Waals surface area (Å²) in [7, 11) is 1.84. The minimum absolute atomic E-state index is 0.0356. The van der Waals surface area contributed by atoms with Crippen LogP contribution in [0, 0.1) is 6.92 Å². The predicted molar refractivity (Wildman–Crippen MR) is 74.5 cm³/mol. The summed E-state index contributed by atoms with van der Waals surface area (Å²) in [6.45, 7) is 3.55. The maximum Gasteiger partial charge on any atom is 0.246 e. The summed E-state index contributed by atoms with van der Waals surface area (Å²) >= 11 is 0. The largest absolute Gasteiger partial charge is 0.330 e. The van der Waals surface area contributed by atoms with Gasteiger partial charge in [-0.1, -0.05) is 0 Å². The minimum atomic E-state index is 0.0356. The van der Waals surface area contributed by atoms with Crippen LogP contribution in [-0.2, 0) is 11.8 Å². The zero-order valence-corrected chi connectivity index (χ0v) is 11.5. The Morgan fingerprint density at radius 2 is 1.90 bits per heavy atom. The van der Waals surface area contributed by atoms with Gasteiger partial charge in [-0.2, -0.15) is 5.10 Å². The average molecular weight is 272 g/mol. The highest BCUT2D eigenvalue weighted by atomic mass is 16.2. The van der Waals surface area contributed by atoms with Crippen LogP contribution in [0.25, 0.3) is 0 Å². The lowest BCUT2D eigenvalue weighted by Crippen LogP contribution is -2.51. The molecule has 0 N–H and O–H groups in total. The van der Waals surface area contributed by atoms with E-state index in [2.05, 4.69) is 15.1 Å². The average Bonchev–Trinajstić information content (AvgIpc) is 2.86. The topological polar surface area (TPSA) is 67.2 Å². The molecule has 0 aromatic carbocycles. The highest BCUT2D eigenvalue weighted by Gasteiger charge is 2.27. The Morgan fingerprint density at radius 3 is 2.50 bits per heavy atom. The van der Waals surface area contributed by atoms with Crippen molar-refractivity contribution in [3.63, 3.8) is 0 Å². The monoisotopic (exact) mass is 272 g/mol. The summed E-state index contributed by atoms with van der Waals surface area (Å²) in [5.74, 6) is 0.642. The van der Waals surface area contributed by atoms with Crippen LogP contribution in [0.4, 0.5) is 11.6 Å². The summed E-state index contributed by atoms with van der Waals surface area (Å²) in [5, 5.41) is 4.10. The van der Waals surface area contributed by atoms with E-state index in [1.54, 1.807) is 28.2 Å². The molecule has 0 spiro atoms. The fourth-order valence-electron chi connectivity index (χ4n) is 2.21. The predicted octanol–water partition coefficient (Wildman–Crippen LogP) is 0.372. The molecule has 0 unspecified atom stereocenters. The molecule has 0 radical (unpaired) electrons. The van der Waals surface area contributed by atoms with Gasteiger partial charge in [0.05, 0.1) is 11.9 Å². The van der Waals surface area contributed by atoms with Gasteiger partial charge in [-0.05, 0) is 12.5 Å². The molecule has 104 valence electrons. The first kappa shape index (κ1) is 12.6. The Labute approximate surface area is 116 Å². The van der Waals surface area contributed by atoms with Crippen LogP contribution in [-0.4, -0.2) is 45.3 Å². The van der Waals surface area contributed by atoms with Crippen molar-refractivity contribution in [1.82, 2.24) is 19.7 Å². The molecule has 1 aliphatic heterocycles. The van der Waals surface area contributed by atoms with Gasteiger partial charge in [-0.15, -0.1) is 0 Å². The smallest absolute Gasteiger partial charge is 0.246 e. The van der Waals surface area contributed by atoms with Gasteiger partial charge in [-0.25, -0.2) is 9.97 Å². The van der Waals surface area contributed by atoms with Crippen molar-refractivity contribution < 1.29 is 4.79 Å². The second-order valence-corrected chi connectivity index (χ2v) is 4.90. The Morgan fingerprint density at radius 1 is 1.15 bits per heavy atom. The Hall–Kier alpha value is -2.44. The first-order valence-corrected chi connectivity index (χ1v) is 6.46. The maximum atomic E-state index is 12.2. The molecule has 1 saturated heterocycles. The molecule has 0 aliphatic carbocycles. The third kappa shape index (κ3) is 2.34. The van der Waals surface area contributed by atoms with Crippen LogP contribution >= 0.6 is 0 Å². The van der Waals surface area contributed by atoms with Crippen molar-refractivity contribution in [3.05, 3.63) is 30.4 Å². The second kappa shape index (κ2) is 4.92. The van der Waals surface area contributed by atoms with E-state index in [4.69, 9.17) is 0 Å². The molecular formula is C13H16N6O. The molecule has 1 aliphatic rings. The van der Waals surface area contributed by atoms with Crippen LogP contribution < -0.4 is 9.80 Å². The fraction of sp³-hybridized carbons (Fsp3) is 0.385. The number of carbonyl (C=O) groups excluding carboxylic acids is 1. The second-order valence-electron chi connectivity index (χ2n) is 4.90. The van der Waals surface area contributed by atoms with Crippen LogP contribution in [0.1, 0.15) is 5.56 Å². The molecule has 0 bridgehead atoms. The van der Waals surface area contributed by atoms with E-state index in [1.807, 2.05) is 25.1 Å². The molecule has 0 atom stereocenters. The van der Waals surface area contributed by atoms with E-state index in [0.29, 0.717) is 19.0 Å². The molecule has 20 heavy (non-hydrogen) atoms. The van der Waals surface area contributed by atoms with Gasteiger partial charge in [0, 0.05) is 38.7 Å². The van der Waals surface area contributed by atoms with E-state index < -0.39 is 0 Å². The number of piperazine rings is 1. The van der Waals surface area contributed by atoms with Crippen LogP contribution in [0.5, 0.6) is 0 Å². The van der Waals surface area contributed by atoms with E-state index in [9.17, 15) is 4.79 Å². The molecule has 3 heterocycles. The minimum Gasteiger partial charge on any atom is -0.330 e. The van der Waals surface area contributed by atoms with Crippen LogP contribution in [0.3, 0.4) is 0 Å². The van der Waals surface area contributed by atoms with Gasteiger partial charge < -0.3 is 9.80 Å². The summed E-state index contributed by atoms with van der Waals surface area (Å²) in [4.78, 5) is 24.4. The van der Waals surface area contributed by atoms with Gasteiger partial charge >= 0.3 is 0 Å². The lowest BCUT2D eigenvalue weighted by Gasteiger charge is -2.33. The number of aromatic nitrogens is 4. The van der Waals surface area contributed by atoms with E-state index in [0.717, 1.165) is 11.3 Å². The highest BCUT2D eigenvalue weighted by Crippen LogP contribution is 2.18. The number of rotatable bonds is 2. The summed E-state index contributed by atoms with van der Waals surface area (Å²) in [6.07, 6.45) is 7.08. The fourth-order valence-corrected chi connectivity index (χ4v) is 2.21. The molecule has 2 aromatic heterocycles. The lowest BCUT2D eigenvalue weighted by atomic mass is 10.3. The summed E-state index contributed by atoms with van der Waals surface area (Å²) in [6, 6.07) is 0. The number of amides is 1. The summed E-state index contributed by atoms with van der Waals surface area (Å²) in [5.41, 5.74) is 1.84. The van der Waals surface area contributed by atoms with Gasteiger partial charge in [0.1, 0.15) is 6.54 Å². The normalized spacial score (nSPS) is 15.8. The van der Waals surface area contributed by atoms with Gasteiger partial charge in [-0.3, -0.25) is 9.48 Å². The highest BCUT2D eigenvalue weighted by molar-refractivity contribution is 5.97. The molecule has 0 saturated carbocycles.